The molecule has 2 aromatic heterocycles. The zero-order valence-corrected chi connectivity index (χ0v) is 33.6. The van der Waals surface area contributed by atoms with E-state index in [0.29, 0.717) is 11.4 Å². The van der Waals surface area contributed by atoms with Crippen molar-refractivity contribution in [3.63, 3.8) is 0 Å². The number of rotatable bonds is 13. The Balaban J connectivity index is 0.00000567. The molecule has 4 atom stereocenters. The molecule has 18 heteroatoms. The second-order valence-electron chi connectivity index (χ2n) is 15.4. The van der Waals surface area contributed by atoms with Gasteiger partial charge in [-0.3, -0.25) is 4.79 Å². The van der Waals surface area contributed by atoms with Gasteiger partial charge in [0.2, 0.25) is 5.79 Å². The van der Waals surface area contributed by atoms with Gasteiger partial charge in [-0.2, -0.15) is 10.2 Å². The molecule has 3 aromatic carbocycles. The van der Waals surface area contributed by atoms with E-state index in [1.807, 2.05) is 69.3 Å². The van der Waals surface area contributed by atoms with Crippen LogP contribution < -0.4 is 26.0 Å². The fourth-order valence-corrected chi connectivity index (χ4v) is 6.80. The lowest BCUT2D eigenvalue weighted by Crippen LogP contribution is -2.46. The molecule has 3 unspecified atom stereocenters. The molecule has 2 aliphatic rings. The topological polar surface area (TPSA) is 157 Å². The number of esters is 1. The second-order valence-corrected chi connectivity index (χ2v) is 15.4. The maximum atomic E-state index is 14.9. The molecule has 2 aliphatic heterocycles. The van der Waals surface area contributed by atoms with Gasteiger partial charge in [0.25, 0.3) is 0 Å². The molecule has 2 saturated heterocycles. The second kappa shape index (κ2) is 17.6. The fraction of sp³-hybridized carbons (Fsp3) is 0.425. The maximum Gasteiger partial charge on any atom is 0.350 e. The van der Waals surface area contributed by atoms with Gasteiger partial charge in [-0.05, 0) is 67.6 Å². The Morgan fingerprint density at radius 2 is 1.59 bits per heavy atom. The number of nitrogens with two attached hydrogens (primary N) is 1. The number of carbonyl (C=O) groups excluding carboxylic acids is 1. The number of ether oxygens (including phenoxy) is 4. The summed E-state index contributed by atoms with van der Waals surface area (Å²) in [4.78, 5) is 34.1. The minimum absolute atomic E-state index is 0. The Morgan fingerprint density at radius 1 is 0.948 bits per heavy atom. The summed E-state index contributed by atoms with van der Waals surface area (Å²) in [5.74, 6) is -2.89. The lowest BCUT2D eigenvalue weighted by atomic mass is 9.89. The van der Waals surface area contributed by atoms with E-state index in [2.05, 4.69) is 25.0 Å². The van der Waals surface area contributed by atoms with E-state index < -0.39 is 47.1 Å². The zero-order chi connectivity index (χ0) is 40.3. The molecular weight excluding hydrogens is 776 g/mol. The van der Waals surface area contributed by atoms with Gasteiger partial charge < -0.3 is 34.5 Å². The van der Waals surface area contributed by atoms with Crippen LogP contribution in [0, 0.1) is 17.0 Å². The first-order valence-corrected chi connectivity index (χ1v) is 18.8. The van der Waals surface area contributed by atoms with Crippen LogP contribution in [0.2, 0.25) is 0 Å². The third-order valence-corrected chi connectivity index (χ3v) is 10.1. The molecule has 7 rings (SSSR count). The number of piperazine rings is 1. The van der Waals surface area contributed by atoms with Crippen LogP contribution in [0.5, 0.6) is 5.75 Å². The van der Waals surface area contributed by atoms with Crippen LogP contribution >= 0.6 is 12.4 Å². The summed E-state index contributed by atoms with van der Waals surface area (Å²) in [6, 6.07) is 18.1. The Labute approximate surface area is 340 Å². The first-order chi connectivity index (χ1) is 27.3. The molecule has 15 nitrogen and oxygen atoms in total. The minimum atomic E-state index is -1.53. The van der Waals surface area contributed by atoms with Gasteiger partial charge in [0.05, 0.1) is 18.8 Å². The number of carbonyl (C=O) groups is 1. The number of hydrogen-bond acceptors (Lipinski definition) is 12. The van der Waals surface area contributed by atoms with Crippen LogP contribution in [0.1, 0.15) is 33.3 Å². The predicted octanol–water partition coefficient (Wildman–Crippen LogP) is 4.30. The van der Waals surface area contributed by atoms with Gasteiger partial charge in [-0.25, -0.2) is 32.5 Å². The molecule has 0 amide bonds. The monoisotopic (exact) mass is 823 g/mol. The first kappa shape index (κ1) is 42.3. The molecular formula is C40H48ClF2N9O6. The summed E-state index contributed by atoms with van der Waals surface area (Å²) in [7, 11) is 0. The largest absolute Gasteiger partial charge is 0.491 e. The fourth-order valence-electron chi connectivity index (χ4n) is 6.80. The van der Waals surface area contributed by atoms with Crippen molar-refractivity contribution in [3.8, 4) is 11.4 Å². The molecule has 4 heterocycles. The van der Waals surface area contributed by atoms with Crippen molar-refractivity contribution in [1.29, 1.82) is 0 Å². The van der Waals surface area contributed by atoms with Crippen LogP contribution in [-0.4, -0.2) is 92.7 Å². The summed E-state index contributed by atoms with van der Waals surface area (Å²) < 4.78 is 56.8. The average Bonchev–Trinajstić information content (AvgIpc) is 3.95. The normalized spacial score (nSPS) is 19.4. The van der Waals surface area contributed by atoms with Crippen molar-refractivity contribution in [3.05, 3.63) is 113 Å². The summed E-state index contributed by atoms with van der Waals surface area (Å²) in [6.07, 6.45) is 3.18. The summed E-state index contributed by atoms with van der Waals surface area (Å²) >= 11 is 0. The average molecular weight is 824 g/mol. The highest BCUT2D eigenvalue weighted by atomic mass is 35.5. The lowest BCUT2D eigenvalue weighted by Gasteiger charge is -2.37. The molecule has 310 valence electrons. The van der Waals surface area contributed by atoms with Crippen LogP contribution in [0.4, 0.5) is 20.2 Å². The van der Waals surface area contributed by atoms with E-state index in [1.165, 1.54) is 45.0 Å². The van der Waals surface area contributed by atoms with Crippen LogP contribution in [0.25, 0.3) is 5.69 Å². The smallest absolute Gasteiger partial charge is 0.350 e. The van der Waals surface area contributed by atoms with Gasteiger partial charge in [-0.1, -0.05) is 20.8 Å². The molecule has 2 N–H and O–H groups in total. The lowest BCUT2D eigenvalue weighted by molar-refractivity contribution is -0.192. The highest BCUT2D eigenvalue weighted by molar-refractivity contribution is 5.85. The van der Waals surface area contributed by atoms with E-state index in [1.54, 1.807) is 6.92 Å². The summed E-state index contributed by atoms with van der Waals surface area (Å²) in [5.41, 5.74) is 7.78. The van der Waals surface area contributed by atoms with E-state index in [9.17, 15) is 18.4 Å². The van der Waals surface area contributed by atoms with Gasteiger partial charge in [-0.15, -0.1) is 12.4 Å². The Hall–Kier alpha value is -5.36. The van der Waals surface area contributed by atoms with Crippen molar-refractivity contribution in [1.82, 2.24) is 29.1 Å². The first-order valence-electron chi connectivity index (χ1n) is 18.8. The molecule has 0 radical (unpaired) electrons. The number of hydrogen-bond donors (Lipinski definition) is 1. The third-order valence-electron chi connectivity index (χ3n) is 10.1. The highest BCUT2D eigenvalue weighted by Gasteiger charge is 2.46. The Kier molecular flexibility index (Phi) is 12.9. The zero-order valence-electron chi connectivity index (χ0n) is 32.7. The summed E-state index contributed by atoms with van der Waals surface area (Å²) in [6.45, 7) is 11.0. The number of nitrogens with zero attached hydrogens (tertiary/aromatic N) is 8. The minimum Gasteiger partial charge on any atom is -0.491 e. The maximum absolute atomic E-state index is 14.9. The molecule has 0 spiro atoms. The van der Waals surface area contributed by atoms with Crippen molar-refractivity contribution in [2.24, 2.45) is 11.1 Å². The van der Waals surface area contributed by atoms with Crippen LogP contribution in [0.3, 0.4) is 0 Å². The van der Waals surface area contributed by atoms with Crippen LogP contribution in [-0.2, 0) is 37.9 Å². The quantitative estimate of drug-likeness (QED) is 0.168. The highest BCUT2D eigenvalue weighted by Crippen LogP contribution is 2.38. The van der Waals surface area contributed by atoms with E-state index >= 15 is 0 Å². The molecule has 58 heavy (non-hydrogen) atoms. The van der Waals surface area contributed by atoms with Crippen molar-refractivity contribution in [2.75, 3.05) is 49.2 Å². The Bertz CT molecular complexity index is 2190. The van der Waals surface area contributed by atoms with Crippen molar-refractivity contribution in [2.45, 2.75) is 64.8 Å². The molecule has 2 fully saturated rings. The Morgan fingerprint density at radius 3 is 2.17 bits per heavy atom. The van der Waals surface area contributed by atoms with Crippen molar-refractivity contribution >= 4 is 29.8 Å². The standard InChI is InChI=1S/C40H47F2N9O6.ClH/c1-27(43)37(52)56-36(39(2,3)4)20-51-38(53)50(26-46-51)31-8-6-29(7-9-31)47-15-17-48(18-16-47)30-10-12-32(13-11-30)54-21-33-22-55-40(57-33,23-49-25-44-24-45-49)34-14-5-28(41)19-35(34)42;/h5-14,19,24-27,33,36H,15-18,20-23,43H2,1-4H3;1H/t27-,33?,36?,40?;/m0./s1. The molecule has 0 bridgehead atoms. The van der Waals surface area contributed by atoms with E-state index in [0.717, 1.165) is 43.6 Å². The van der Waals surface area contributed by atoms with E-state index in [4.69, 9.17) is 24.7 Å². The molecule has 0 aliphatic carbocycles. The number of halogens is 3. The van der Waals surface area contributed by atoms with Gasteiger partial charge in [0, 0.05) is 54.6 Å². The van der Waals surface area contributed by atoms with Crippen molar-refractivity contribution < 1.29 is 32.5 Å². The molecule has 5 aromatic rings. The van der Waals surface area contributed by atoms with Gasteiger partial charge in [0.15, 0.2) is 0 Å². The third kappa shape index (κ3) is 9.49. The number of aromatic nitrogens is 6. The molecule has 0 saturated carbocycles. The number of benzene rings is 3. The van der Waals surface area contributed by atoms with Gasteiger partial charge in [0.1, 0.15) is 67.8 Å². The van der Waals surface area contributed by atoms with Gasteiger partial charge >= 0.3 is 11.7 Å². The van der Waals surface area contributed by atoms with Crippen LogP contribution in [0.15, 0.2) is 90.5 Å². The number of anilines is 2. The summed E-state index contributed by atoms with van der Waals surface area (Å²) in [5, 5.41) is 8.40. The predicted molar refractivity (Wildman–Crippen MR) is 213 cm³/mol. The van der Waals surface area contributed by atoms with E-state index in [-0.39, 0.29) is 50.0 Å². The SMILES string of the molecule is C[C@H](N)C(=O)OC(Cn1ncn(-c2ccc(N3CCN(c4ccc(OCC5COC(Cn6cncn6)(c6ccc(F)cc6F)O5)cc4)CC3)cc2)c1=O)C(C)(C)C.Cl.